The van der Waals surface area contributed by atoms with E-state index in [1.165, 1.54) is 26.4 Å². The summed E-state index contributed by atoms with van der Waals surface area (Å²) in [6.45, 7) is 3.74. The summed E-state index contributed by atoms with van der Waals surface area (Å²) in [5.74, 6) is 1.01. The van der Waals surface area contributed by atoms with E-state index in [9.17, 15) is 9.90 Å². The summed E-state index contributed by atoms with van der Waals surface area (Å²) in [5.41, 5.74) is 0.615. The molecular formula is C21H31N3O4. The fourth-order valence-corrected chi connectivity index (χ4v) is 5.10. The van der Waals surface area contributed by atoms with Crippen LogP contribution in [0.25, 0.3) is 0 Å². The third-order valence-electron chi connectivity index (χ3n) is 7.16. The van der Waals surface area contributed by atoms with Crippen molar-refractivity contribution in [2.45, 2.75) is 38.1 Å². The van der Waals surface area contributed by atoms with E-state index in [4.69, 9.17) is 9.47 Å². The van der Waals surface area contributed by atoms with E-state index in [1.807, 2.05) is 4.90 Å². The molecule has 3 fully saturated rings. The van der Waals surface area contributed by atoms with Crippen molar-refractivity contribution in [1.29, 1.82) is 0 Å². The average Bonchev–Trinajstić information content (AvgIpc) is 3.03. The van der Waals surface area contributed by atoms with Crippen LogP contribution >= 0.6 is 0 Å². The number of ether oxygens (including phenoxy) is 2. The maximum atomic E-state index is 13.1. The zero-order valence-corrected chi connectivity index (χ0v) is 16.9. The van der Waals surface area contributed by atoms with Gasteiger partial charge in [0, 0.05) is 50.8 Å². The van der Waals surface area contributed by atoms with Gasteiger partial charge in [0.05, 0.1) is 14.2 Å². The van der Waals surface area contributed by atoms with Gasteiger partial charge in [0.15, 0.2) is 0 Å². The van der Waals surface area contributed by atoms with E-state index >= 15 is 0 Å². The molecule has 1 N–H and O–H groups in total. The summed E-state index contributed by atoms with van der Waals surface area (Å²) in [7, 11) is 3.06. The standard InChI is InChI=1S/C21H31N3O4/c1-27-18-7-6-17(19(22-18)28-2)20(26)23-10-8-21(9-11-23)14-24(12-15(21)13-25)16-4-3-5-16/h6-7,15-16,25H,3-5,8-14H2,1-2H3. The van der Waals surface area contributed by atoms with Crippen molar-refractivity contribution < 1.29 is 19.4 Å². The van der Waals surface area contributed by atoms with Crippen LogP contribution in [0.4, 0.5) is 0 Å². The second kappa shape index (κ2) is 7.87. The smallest absolute Gasteiger partial charge is 0.259 e. The fourth-order valence-electron chi connectivity index (χ4n) is 5.10. The third-order valence-corrected chi connectivity index (χ3v) is 7.16. The number of pyridine rings is 1. The monoisotopic (exact) mass is 389 g/mol. The van der Waals surface area contributed by atoms with Crippen LogP contribution in [-0.4, -0.2) is 78.8 Å². The van der Waals surface area contributed by atoms with E-state index in [1.54, 1.807) is 19.2 Å². The van der Waals surface area contributed by atoms with Gasteiger partial charge in [-0.3, -0.25) is 9.69 Å². The number of rotatable bonds is 5. The molecule has 0 radical (unpaired) electrons. The molecule has 0 aromatic carbocycles. The summed E-state index contributed by atoms with van der Waals surface area (Å²) < 4.78 is 10.4. The molecule has 1 aromatic heterocycles. The Balaban J connectivity index is 1.44. The highest BCUT2D eigenvalue weighted by Gasteiger charge is 2.50. The van der Waals surface area contributed by atoms with Gasteiger partial charge in [-0.05, 0) is 37.2 Å². The summed E-state index contributed by atoms with van der Waals surface area (Å²) in [6, 6.07) is 4.13. The predicted molar refractivity (Wildman–Crippen MR) is 105 cm³/mol. The highest BCUT2D eigenvalue weighted by atomic mass is 16.5. The second-order valence-corrected chi connectivity index (χ2v) is 8.46. The van der Waals surface area contributed by atoms with Crippen LogP contribution in [0, 0.1) is 11.3 Å². The Bertz CT molecular complexity index is 714. The van der Waals surface area contributed by atoms with Crippen molar-refractivity contribution in [3.63, 3.8) is 0 Å². The molecule has 7 nitrogen and oxygen atoms in total. The number of nitrogens with zero attached hydrogens (tertiary/aromatic N) is 3. The highest BCUT2D eigenvalue weighted by Crippen LogP contribution is 2.47. The minimum atomic E-state index is -0.0451. The number of piperidine rings is 1. The molecule has 1 aromatic rings. The van der Waals surface area contributed by atoms with Gasteiger partial charge >= 0.3 is 0 Å². The number of carbonyl (C=O) groups excluding carboxylic acids is 1. The molecule has 28 heavy (non-hydrogen) atoms. The fraction of sp³-hybridized carbons (Fsp3) is 0.714. The molecule has 4 rings (SSSR count). The van der Waals surface area contributed by atoms with Gasteiger partial charge in [-0.25, -0.2) is 0 Å². The van der Waals surface area contributed by atoms with Gasteiger partial charge in [-0.2, -0.15) is 4.98 Å². The third kappa shape index (κ3) is 3.35. The number of methoxy groups -OCH3 is 2. The number of likely N-dealkylation sites (tertiary alicyclic amines) is 2. The molecular weight excluding hydrogens is 358 g/mol. The zero-order valence-electron chi connectivity index (χ0n) is 16.9. The van der Waals surface area contributed by atoms with E-state index in [2.05, 4.69) is 9.88 Å². The lowest BCUT2D eigenvalue weighted by atomic mass is 9.71. The number of hydrogen-bond acceptors (Lipinski definition) is 6. The Kier molecular flexibility index (Phi) is 5.47. The Morgan fingerprint density at radius 3 is 2.57 bits per heavy atom. The summed E-state index contributed by atoms with van der Waals surface area (Å²) in [4.78, 5) is 21.8. The molecule has 0 bridgehead atoms. The number of aliphatic hydroxyl groups is 1. The van der Waals surface area contributed by atoms with Crippen LogP contribution in [0.15, 0.2) is 12.1 Å². The van der Waals surface area contributed by atoms with E-state index in [0.717, 1.165) is 25.9 Å². The van der Waals surface area contributed by atoms with Gasteiger partial charge in [0.2, 0.25) is 11.8 Å². The van der Waals surface area contributed by atoms with Crippen LogP contribution in [-0.2, 0) is 0 Å². The zero-order chi connectivity index (χ0) is 19.7. The molecule has 1 saturated carbocycles. The number of aromatic nitrogens is 1. The first-order valence-electron chi connectivity index (χ1n) is 10.3. The Morgan fingerprint density at radius 2 is 2.00 bits per heavy atom. The minimum absolute atomic E-state index is 0.0451. The van der Waals surface area contributed by atoms with Crippen LogP contribution in [0.2, 0.25) is 0 Å². The van der Waals surface area contributed by atoms with Gasteiger partial charge in [-0.15, -0.1) is 0 Å². The van der Waals surface area contributed by atoms with E-state index < -0.39 is 0 Å². The van der Waals surface area contributed by atoms with E-state index in [0.29, 0.717) is 42.4 Å². The molecule has 2 saturated heterocycles. The summed E-state index contributed by atoms with van der Waals surface area (Å²) >= 11 is 0. The number of carbonyl (C=O) groups is 1. The van der Waals surface area contributed by atoms with Crippen LogP contribution in [0.5, 0.6) is 11.8 Å². The van der Waals surface area contributed by atoms with Gasteiger partial charge in [-0.1, -0.05) is 6.42 Å². The molecule has 154 valence electrons. The maximum absolute atomic E-state index is 13.1. The first-order chi connectivity index (χ1) is 13.6. The second-order valence-electron chi connectivity index (χ2n) is 8.46. The first kappa shape index (κ1) is 19.5. The normalized spacial score (nSPS) is 25.0. The topological polar surface area (TPSA) is 75.1 Å². The Morgan fingerprint density at radius 1 is 1.25 bits per heavy atom. The van der Waals surface area contributed by atoms with Crippen molar-refractivity contribution in [1.82, 2.24) is 14.8 Å². The highest BCUT2D eigenvalue weighted by molar-refractivity contribution is 5.96. The molecule has 3 heterocycles. The first-order valence-corrected chi connectivity index (χ1v) is 10.3. The van der Waals surface area contributed by atoms with Crippen molar-refractivity contribution in [2.24, 2.45) is 11.3 Å². The Hall–Kier alpha value is -1.86. The molecule has 1 atom stereocenters. The van der Waals surface area contributed by atoms with Gasteiger partial charge in [0.1, 0.15) is 5.56 Å². The lowest BCUT2D eigenvalue weighted by Crippen LogP contribution is -2.47. The summed E-state index contributed by atoms with van der Waals surface area (Å²) in [6.07, 6.45) is 5.81. The molecule has 2 aliphatic heterocycles. The number of amides is 1. The van der Waals surface area contributed by atoms with Crippen LogP contribution in [0.3, 0.4) is 0 Å². The van der Waals surface area contributed by atoms with E-state index in [-0.39, 0.29) is 17.9 Å². The maximum Gasteiger partial charge on any atom is 0.259 e. The number of aliphatic hydroxyl groups excluding tert-OH is 1. The molecule has 1 amide bonds. The van der Waals surface area contributed by atoms with Crippen LogP contribution < -0.4 is 9.47 Å². The minimum Gasteiger partial charge on any atom is -0.481 e. The lowest BCUT2D eigenvalue weighted by molar-refractivity contribution is 0.0383. The molecule has 3 aliphatic rings. The van der Waals surface area contributed by atoms with Crippen molar-refractivity contribution in [3.05, 3.63) is 17.7 Å². The lowest BCUT2D eigenvalue weighted by Gasteiger charge is -2.43. The Labute approximate surface area is 166 Å². The molecule has 1 aliphatic carbocycles. The molecule has 1 spiro atoms. The van der Waals surface area contributed by atoms with Crippen molar-refractivity contribution in [2.75, 3.05) is 47.0 Å². The summed E-state index contributed by atoms with van der Waals surface area (Å²) in [5, 5.41) is 10.0. The van der Waals surface area contributed by atoms with Gasteiger partial charge in [0.25, 0.3) is 5.91 Å². The SMILES string of the molecule is COc1ccc(C(=O)N2CCC3(CC2)CN(C2CCC2)CC3CO)c(OC)n1. The molecule has 7 heteroatoms. The van der Waals surface area contributed by atoms with Crippen molar-refractivity contribution in [3.8, 4) is 11.8 Å². The van der Waals surface area contributed by atoms with Gasteiger partial charge < -0.3 is 19.5 Å². The van der Waals surface area contributed by atoms with Crippen molar-refractivity contribution >= 4 is 5.91 Å². The predicted octanol–water partition coefficient (Wildman–Crippen LogP) is 1.80. The number of hydrogen-bond donors (Lipinski definition) is 1. The largest absolute Gasteiger partial charge is 0.481 e. The molecule has 1 unspecified atom stereocenters. The quantitative estimate of drug-likeness (QED) is 0.828. The van der Waals surface area contributed by atoms with Crippen LogP contribution in [0.1, 0.15) is 42.5 Å². The average molecular weight is 389 g/mol.